The fraction of sp³-hybridized carbons (Fsp3) is 0.182. The molecule has 0 atom stereocenters. The molecule has 0 aliphatic carbocycles. The molecule has 0 aromatic heterocycles. The fourth-order valence-corrected chi connectivity index (χ4v) is 3.43. The van der Waals surface area contributed by atoms with Crippen LogP contribution in [0.15, 0.2) is 18.2 Å². The van der Waals surface area contributed by atoms with Crippen molar-refractivity contribution in [2.24, 2.45) is 0 Å². The van der Waals surface area contributed by atoms with E-state index in [0.29, 0.717) is 11.3 Å². The van der Waals surface area contributed by atoms with Crippen molar-refractivity contribution in [1.29, 1.82) is 0 Å². The van der Waals surface area contributed by atoms with E-state index in [1.807, 2.05) is 0 Å². The summed E-state index contributed by atoms with van der Waals surface area (Å²) in [6.07, 6.45) is -0.253. The van der Waals surface area contributed by atoms with E-state index in [9.17, 15) is 14.4 Å². The van der Waals surface area contributed by atoms with Crippen molar-refractivity contribution in [2.75, 3.05) is 4.06 Å². The van der Waals surface area contributed by atoms with Crippen LogP contribution in [0.1, 0.15) is 15.9 Å². The van der Waals surface area contributed by atoms with Gasteiger partial charge in [0.15, 0.2) is 0 Å². The SMILES string of the molecule is O=C(O)[CH2][Zn][NH]c1ccc(CC(=O)O)cc1C(=O)O. The van der Waals surface area contributed by atoms with Gasteiger partial charge in [-0.2, -0.15) is 0 Å². The van der Waals surface area contributed by atoms with Crippen molar-refractivity contribution in [3.8, 4) is 0 Å². The first kappa shape index (κ1) is 15.1. The second-order valence-electron chi connectivity index (χ2n) is 3.83. The molecule has 0 aliphatic heterocycles. The molecule has 0 amide bonds. The Morgan fingerprint density at radius 2 is 1.79 bits per heavy atom. The third-order valence-electron chi connectivity index (χ3n) is 2.32. The Morgan fingerprint density at radius 1 is 1.11 bits per heavy atom. The van der Waals surface area contributed by atoms with E-state index in [2.05, 4.69) is 4.06 Å². The predicted octanol–water partition coefficient (Wildman–Crippen LogP) is 0.924. The summed E-state index contributed by atoms with van der Waals surface area (Å²) in [6.45, 7) is 0. The summed E-state index contributed by atoms with van der Waals surface area (Å²) in [5, 5.41) is 26.3. The summed E-state index contributed by atoms with van der Waals surface area (Å²) < 4.78 is 2.88. The zero-order valence-electron chi connectivity index (χ0n) is 9.92. The van der Waals surface area contributed by atoms with Crippen LogP contribution in [0.3, 0.4) is 0 Å². The van der Waals surface area contributed by atoms with Crippen molar-refractivity contribution < 1.29 is 47.1 Å². The molecule has 7 nitrogen and oxygen atoms in total. The number of carboxylic acid groups (broad SMARTS) is 3. The number of nitrogens with one attached hydrogen (secondary N) is 1. The molecule has 1 aromatic carbocycles. The molecule has 0 unspecified atom stereocenters. The van der Waals surface area contributed by atoms with Gasteiger partial charge in [-0.25, -0.2) is 0 Å². The van der Waals surface area contributed by atoms with Crippen LogP contribution in [0.4, 0.5) is 5.69 Å². The summed E-state index contributed by atoms with van der Waals surface area (Å²) >= 11 is -1.59. The number of carbonyl (C=O) groups is 3. The Labute approximate surface area is 116 Å². The Kier molecular flexibility index (Phi) is 5.44. The Morgan fingerprint density at radius 3 is 2.32 bits per heavy atom. The van der Waals surface area contributed by atoms with Crippen molar-refractivity contribution in [1.82, 2.24) is 0 Å². The van der Waals surface area contributed by atoms with Gasteiger partial charge in [0.25, 0.3) is 0 Å². The zero-order chi connectivity index (χ0) is 14.4. The summed E-state index contributed by atoms with van der Waals surface area (Å²) in [6, 6.07) is 4.29. The van der Waals surface area contributed by atoms with Gasteiger partial charge >= 0.3 is 115 Å². The summed E-state index contributed by atoms with van der Waals surface area (Å²) in [5.41, 5.74) is 0.707. The topological polar surface area (TPSA) is 124 Å². The molecule has 1 aromatic rings. The van der Waals surface area contributed by atoms with Crippen LogP contribution in [0.5, 0.6) is 0 Å². The zero-order valence-corrected chi connectivity index (χ0v) is 12.9. The first-order valence-corrected chi connectivity index (χ1v) is 9.02. The van der Waals surface area contributed by atoms with Crippen molar-refractivity contribution >= 4 is 23.6 Å². The molecule has 0 saturated heterocycles. The average Bonchev–Trinajstić information content (AvgIpc) is 2.29. The van der Waals surface area contributed by atoms with Gasteiger partial charge in [0, 0.05) is 0 Å². The normalized spacial score (nSPS) is 9.47. The molecule has 19 heavy (non-hydrogen) atoms. The van der Waals surface area contributed by atoms with E-state index in [0.717, 1.165) is 0 Å². The van der Waals surface area contributed by atoms with E-state index in [4.69, 9.17) is 15.3 Å². The van der Waals surface area contributed by atoms with Crippen molar-refractivity contribution in [3.05, 3.63) is 29.3 Å². The van der Waals surface area contributed by atoms with Gasteiger partial charge < -0.3 is 0 Å². The van der Waals surface area contributed by atoms with Crippen LogP contribution in [-0.4, -0.2) is 33.2 Å². The van der Waals surface area contributed by atoms with Crippen LogP contribution in [0.2, 0.25) is 5.02 Å². The van der Waals surface area contributed by atoms with E-state index < -0.39 is 35.3 Å². The van der Waals surface area contributed by atoms with Crippen LogP contribution in [-0.2, 0) is 33.4 Å². The van der Waals surface area contributed by atoms with E-state index >= 15 is 0 Å². The van der Waals surface area contributed by atoms with Gasteiger partial charge in [-0.15, -0.1) is 0 Å². The Balaban J connectivity index is 2.88. The maximum atomic E-state index is 11.1. The van der Waals surface area contributed by atoms with Crippen LogP contribution in [0.25, 0.3) is 0 Å². The molecule has 4 N–H and O–H groups in total. The predicted molar refractivity (Wildman–Crippen MR) is 60.8 cm³/mol. The van der Waals surface area contributed by atoms with Crippen LogP contribution >= 0.6 is 0 Å². The van der Waals surface area contributed by atoms with Gasteiger partial charge in [0.05, 0.1) is 0 Å². The van der Waals surface area contributed by atoms with E-state index in [1.54, 1.807) is 0 Å². The molecular weight excluding hydrogens is 308 g/mol. The molecule has 1 rings (SSSR count). The number of rotatable bonds is 7. The average molecular weight is 319 g/mol. The minimum absolute atomic E-state index is 0.0326. The second kappa shape index (κ2) is 6.84. The first-order chi connectivity index (χ1) is 8.90. The molecule has 0 heterocycles. The number of anilines is 1. The number of carboxylic acids is 3. The van der Waals surface area contributed by atoms with Crippen LogP contribution in [0, 0.1) is 0 Å². The second-order valence-corrected chi connectivity index (χ2v) is 6.67. The minimum atomic E-state index is -1.59. The number of aliphatic carboxylic acids is 2. The number of benzene rings is 1. The van der Waals surface area contributed by atoms with E-state index in [1.165, 1.54) is 18.2 Å². The standard InChI is InChI=1S/C9H8NO4.C2H3O2.Zn/c10-7-2-1-5(4-8(11)12)3-6(7)9(13)14;1-2(3)4;/h1-3,10H,4H2,(H,11,12)(H,13,14);1H2,(H,3,4);/q-1;;+1. The molecule has 8 heteroatoms. The molecule has 0 spiro atoms. The number of hydrogen-bond acceptors (Lipinski definition) is 4. The van der Waals surface area contributed by atoms with Gasteiger partial charge in [-0.05, 0) is 0 Å². The maximum absolute atomic E-state index is 11.1. The Bertz CT molecular complexity index is 516. The molecular formula is C11H11NO6Zn. The van der Waals surface area contributed by atoms with E-state index in [-0.39, 0.29) is 17.0 Å². The monoisotopic (exact) mass is 317 g/mol. The van der Waals surface area contributed by atoms with Crippen molar-refractivity contribution in [2.45, 2.75) is 11.4 Å². The molecule has 0 radical (unpaired) electrons. The Hall–Kier alpha value is -1.95. The quantitative estimate of drug-likeness (QED) is 0.551. The van der Waals surface area contributed by atoms with Gasteiger partial charge in [-0.1, -0.05) is 0 Å². The third kappa shape index (κ3) is 5.05. The summed E-state index contributed by atoms with van der Waals surface area (Å²) in [5.74, 6) is -3.13. The number of hydrogen-bond donors (Lipinski definition) is 4. The summed E-state index contributed by atoms with van der Waals surface area (Å²) in [7, 11) is 0. The first-order valence-electron chi connectivity index (χ1n) is 5.44. The van der Waals surface area contributed by atoms with Gasteiger partial charge in [0.1, 0.15) is 0 Å². The van der Waals surface area contributed by atoms with Gasteiger partial charge in [-0.3, -0.25) is 0 Å². The molecule has 0 fully saturated rings. The molecule has 0 aliphatic rings. The van der Waals surface area contributed by atoms with Gasteiger partial charge in [0.2, 0.25) is 0 Å². The fourth-order valence-electron chi connectivity index (χ4n) is 1.51. The van der Waals surface area contributed by atoms with Crippen LogP contribution < -0.4 is 4.06 Å². The summed E-state index contributed by atoms with van der Waals surface area (Å²) in [4.78, 5) is 32.0. The molecule has 0 saturated carbocycles. The van der Waals surface area contributed by atoms with Crippen molar-refractivity contribution in [3.63, 3.8) is 0 Å². The molecule has 0 bridgehead atoms. The number of aromatic carboxylic acids is 1. The molecule has 98 valence electrons. The third-order valence-corrected chi connectivity index (χ3v) is 5.07.